The standard InChI is InChI=1S/C9H7ClN2O3S/c10-16(13,14)6-3-7-9(11-4-6)15-8(12-7)5-1-2-5/h3-5H,1-2H2. The van der Waals surface area contributed by atoms with E-state index in [2.05, 4.69) is 9.97 Å². The van der Waals surface area contributed by atoms with Gasteiger partial charge < -0.3 is 4.42 Å². The molecule has 1 aliphatic carbocycles. The zero-order chi connectivity index (χ0) is 11.3. The molecule has 0 radical (unpaired) electrons. The number of fused-ring (bicyclic) bond motifs is 1. The van der Waals surface area contributed by atoms with Gasteiger partial charge in [0, 0.05) is 16.6 Å². The molecule has 0 aromatic carbocycles. The van der Waals surface area contributed by atoms with E-state index in [1.165, 1.54) is 12.3 Å². The fourth-order valence-electron chi connectivity index (χ4n) is 1.46. The Kier molecular flexibility index (Phi) is 1.99. The van der Waals surface area contributed by atoms with Crippen LogP contribution in [0.3, 0.4) is 0 Å². The molecular weight excluding hydrogens is 252 g/mol. The van der Waals surface area contributed by atoms with Crippen molar-refractivity contribution in [3.63, 3.8) is 0 Å². The second-order valence-electron chi connectivity index (χ2n) is 3.76. The molecule has 16 heavy (non-hydrogen) atoms. The maximum absolute atomic E-state index is 11.1. The largest absolute Gasteiger partial charge is 0.422 e. The Morgan fingerprint density at radius 3 is 2.81 bits per heavy atom. The Morgan fingerprint density at radius 2 is 2.19 bits per heavy atom. The highest BCUT2D eigenvalue weighted by Gasteiger charge is 2.29. The highest BCUT2D eigenvalue weighted by atomic mass is 35.7. The van der Waals surface area contributed by atoms with E-state index in [9.17, 15) is 8.42 Å². The van der Waals surface area contributed by atoms with Gasteiger partial charge in [0.15, 0.2) is 0 Å². The minimum Gasteiger partial charge on any atom is -0.422 e. The first-order valence-corrected chi connectivity index (χ1v) is 7.06. The molecule has 0 saturated heterocycles. The summed E-state index contributed by atoms with van der Waals surface area (Å²) in [6.07, 6.45) is 3.30. The van der Waals surface area contributed by atoms with E-state index < -0.39 is 9.05 Å². The van der Waals surface area contributed by atoms with Gasteiger partial charge in [0.2, 0.25) is 11.6 Å². The molecule has 7 heteroatoms. The number of pyridine rings is 1. The molecule has 1 saturated carbocycles. The van der Waals surface area contributed by atoms with Crippen LogP contribution in [0.25, 0.3) is 11.2 Å². The third kappa shape index (κ3) is 1.68. The molecule has 1 aliphatic rings. The second kappa shape index (κ2) is 3.18. The van der Waals surface area contributed by atoms with Crippen molar-refractivity contribution < 1.29 is 12.8 Å². The molecule has 2 aromatic heterocycles. The predicted molar refractivity (Wildman–Crippen MR) is 56.8 cm³/mol. The van der Waals surface area contributed by atoms with Crippen LogP contribution in [0.2, 0.25) is 0 Å². The minimum atomic E-state index is -3.76. The number of hydrogen-bond donors (Lipinski definition) is 0. The Labute approximate surface area is 95.9 Å². The zero-order valence-corrected chi connectivity index (χ0v) is 9.62. The van der Waals surface area contributed by atoms with Gasteiger partial charge >= 0.3 is 0 Å². The van der Waals surface area contributed by atoms with Gasteiger partial charge in [0.05, 0.1) is 6.20 Å². The van der Waals surface area contributed by atoms with E-state index in [1.807, 2.05) is 0 Å². The molecule has 3 rings (SSSR count). The first kappa shape index (κ1) is 10.0. The van der Waals surface area contributed by atoms with Crippen LogP contribution in [0, 0.1) is 0 Å². The number of rotatable bonds is 2. The fraction of sp³-hybridized carbons (Fsp3) is 0.333. The van der Waals surface area contributed by atoms with Crippen LogP contribution in [0.1, 0.15) is 24.7 Å². The molecule has 2 heterocycles. The molecule has 2 aromatic rings. The molecule has 0 aliphatic heterocycles. The van der Waals surface area contributed by atoms with Gasteiger partial charge in [-0.15, -0.1) is 0 Å². The smallest absolute Gasteiger partial charge is 0.262 e. The summed E-state index contributed by atoms with van der Waals surface area (Å²) < 4.78 is 27.6. The molecular formula is C9H7ClN2O3S. The average molecular weight is 259 g/mol. The summed E-state index contributed by atoms with van der Waals surface area (Å²) in [5.74, 6) is 0.997. The lowest BCUT2D eigenvalue weighted by Crippen LogP contribution is -1.91. The third-order valence-corrected chi connectivity index (χ3v) is 3.77. The van der Waals surface area contributed by atoms with Gasteiger partial charge in [0.1, 0.15) is 10.4 Å². The van der Waals surface area contributed by atoms with Gasteiger partial charge in [-0.3, -0.25) is 0 Å². The van der Waals surface area contributed by atoms with Crippen LogP contribution in [-0.2, 0) is 9.05 Å². The second-order valence-corrected chi connectivity index (χ2v) is 6.33. The van der Waals surface area contributed by atoms with E-state index in [1.54, 1.807) is 0 Å². The van der Waals surface area contributed by atoms with E-state index >= 15 is 0 Å². The van der Waals surface area contributed by atoms with Crippen molar-refractivity contribution >= 4 is 31.0 Å². The average Bonchev–Trinajstić information content (AvgIpc) is 2.96. The summed E-state index contributed by atoms with van der Waals surface area (Å²) in [5, 5.41) is 0. The quantitative estimate of drug-likeness (QED) is 0.771. The maximum Gasteiger partial charge on any atom is 0.262 e. The zero-order valence-electron chi connectivity index (χ0n) is 8.05. The van der Waals surface area contributed by atoms with Crippen LogP contribution in [0.5, 0.6) is 0 Å². The van der Waals surface area contributed by atoms with Crippen molar-refractivity contribution in [1.82, 2.24) is 9.97 Å². The Balaban J connectivity index is 2.17. The number of aromatic nitrogens is 2. The SMILES string of the molecule is O=S(=O)(Cl)c1cnc2oc(C3CC3)nc2c1. The maximum atomic E-state index is 11.1. The van der Waals surface area contributed by atoms with Gasteiger partial charge in [-0.2, -0.15) is 0 Å². The van der Waals surface area contributed by atoms with Crippen molar-refractivity contribution in [2.24, 2.45) is 0 Å². The van der Waals surface area contributed by atoms with Gasteiger partial charge in [-0.05, 0) is 18.9 Å². The third-order valence-electron chi connectivity index (χ3n) is 2.45. The lowest BCUT2D eigenvalue weighted by Gasteiger charge is -1.92. The van der Waals surface area contributed by atoms with Crippen molar-refractivity contribution in [3.05, 3.63) is 18.2 Å². The molecule has 0 spiro atoms. The topological polar surface area (TPSA) is 73.1 Å². The first-order chi connectivity index (χ1) is 7.54. The van der Waals surface area contributed by atoms with E-state index in [-0.39, 0.29) is 4.90 Å². The van der Waals surface area contributed by atoms with Crippen molar-refractivity contribution in [2.45, 2.75) is 23.7 Å². The minimum absolute atomic E-state index is 0.0580. The predicted octanol–water partition coefficient (Wildman–Crippen LogP) is 2.03. The molecule has 0 amide bonds. The number of oxazole rings is 1. The molecule has 0 bridgehead atoms. The molecule has 0 atom stereocenters. The van der Waals surface area contributed by atoms with E-state index in [4.69, 9.17) is 15.1 Å². The summed E-state index contributed by atoms with van der Waals surface area (Å²) in [5.41, 5.74) is 0.787. The van der Waals surface area contributed by atoms with Crippen LogP contribution >= 0.6 is 10.7 Å². The summed E-state index contributed by atoms with van der Waals surface area (Å²) in [7, 11) is 1.45. The van der Waals surface area contributed by atoms with Crippen LogP contribution in [-0.4, -0.2) is 18.4 Å². The monoisotopic (exact) mass is 258 g/mol. The summed E-state index contributed by atoms with van der Waals surface area (Å²) in [6.45, 7) is 0. The van der Waals surface area contributed by atoms with Crippen LogP contribution in [0.15, 0.2) is 21.6 Å². The molecule has 5 nitrogen and oxygen atoms in total. The first-order valence-electron chi connectivity index (χ1n) is 4.75. The van der Waals surface area contributed by atoms with E-state index in [0.29, 0.717) is 23.0 Å². The van der Waals surface area contributed by atoms with Crippen LogP contribution < -0.4 is 0 Å². The van der Waals surface area contributed by atoms with Crippen molar-refractivity contribution in [3.8, 4) is 0 Å². The number of hydrogen-bond acceptors (Lipinski definition) is 5. The Morgan fingerprint density at radius 1 is 1.44 bits per heavy atom. The fourth-order valence-corrected chi connectivity index (χ4v) is 2.14. The molecule has 0 N–H and O–H groups in total. The van der Waals surface area contributed by atoms with Crippen molar-refractivity contribution in [1.29, 1.82) is 0 Å². The Bertz CT molecular complexity index is 660. The molecule has 1 fully saturated rings. The van der Waals surface area contributed by atoms with Gasteiger partial charge in [0.25, 0.3) is 9.05 Å². The van der Waals surface area contributed by atoms with Gasteiger partial charge in [-0.1, -0.05) is 0 Å². The highest BCUT2D eigenvalue weighted by Crippen LogP contribution is 2.40. The molecule has 84 valence electrons. The summed E-state index contributed by atoms with van der Waals surface area (Å²) in [6, 6.07) is 1.38. The summed E-state index contributed by atoms with van der Waals surface area (Å²) >= 11 is 0. The van der Waals surface area contributed by atoms with Crippen molar-refractivity contribution in [2.75, 3.05) is 0 Å². The lowest BCUT2D eigenvalue weighted by atomic mass is 10.4. The number of halogens is 1. The van der Waals surface area contributed by atoms with Gasteiger partial charge in [-0.25, -0.2) is 18.4 Å². The van der Waals surface area contributed by atoms with E-state index in [0.717, 1.165) is 12.8 Å². The molecule has 0 unspecified atom stereocenters. The highest BCUT2D eigenvalue weighted by molar-refractivity contribution is 8.13. The summed E-state index contributed by atoms with van der Waals surface area (Å²) in [4.78, 5) is 8.02. The lowest BCUT2D eigenvalue weighted by molar-refractivity contribution is 0.524. The Hall–Kier alpha value is -1.14. The normalized spacial score (nSPS) is 16.8. The van der Waals surface area contributed by atoms with Crippen LogP contribution in [0.4, 0.5) is 0 Å². The number of nitrogens with zero attached hydrogens (tertiary/aromatic N) is 2.